The molecule has 0 aliphatic heterocycles. The lowest BCUT2D eigenvalue weighted by Gasteiger charge is -2.18. The zero-order chi connectivity index (χ0) is 25.8. The number of aryl methyl sites for hydroxylation is 2. The first-order valence-electron chi connectivity index (χ1n) is 10.6. The van der Waals surface area contributed by atoms with Crippen molar-refractivity contribution in [1.82, 2.24) is 9.78 Å². The molecule has 2 aromatic rings. The number of esters is 1. The van der Waals surface area contributed by atoms with Gasteiger partial charge in [0.2, 0.25) is 11.8 Å². The number of aliphatic imine (C=N–C) groups is 2. The highest BCUT2D eigenvalue weighted by molar-refractivity contribution is 7.17. The summed E-state index contributed by atoms with van der Waals surface area (Å²) in [5, 5.41) is 6.34. The van der Waals surface area contributed by atoms with E-state index >= 15 is 0 Å². The maximum absolute atomic E-state index is 13.2. The number of hydrogen-bond donors (Lipinski definition) is 1. The molecular weight excluding hydrogens is 494 g/mol. The Morgan fingerprint density at radius 2 is 2.17 bits per heavy atom. The van der Waals surface area contributed by atoms with Gasteiger partial charge in [-0.2, -0.15) is 13.8 Å². The number of fused-ring (bicyclic) bond motifs is 1. The molecule has 0 aromatic carbocycles. The number of hydrogen-bond acceptors (Lipinski definition) is 8. The normalized spacial score (nSPS) is 15.3. The van der Waals surface area contributed by atoms with E-state index in [0.29, 0.717) is 31.7 Å². The second kappa shape index (κ2) is 11.0. The molecule has 0 saturated heterocycles. The Morgan fingerprint density at radius 3 is 2.83 bits per heavy atom. The number of nitrogens with zero attached hydrogens (tertiary/aromatic N) is 4. The Hall–Kier alpha value is -3.25. The molecule has 2 aromatic heterocycles. The maximum Gasteiger partial charge on any atom is 0.388 e. The van der Waals surface area contributed by atoms with Crippen molar-refractivity contribution in [2.75, 3.05) is 11.9 Å². The lowest BCUT2D eigenvalue weighted by Crippen LogP contribution is -2.23. The predicted octanol–water partition coefficient (Wildman–Crippen LogP) is 4.61. The number of aromatic nitrogens is 2. The van der Waals surface area contributed by atoms with E-state index in [-0.39, 0.29) is 34.9 Å². The topological polar surface area (TPSA) is 107 Å². The molecule has 1 aliphatic carbocycles. The number of carbonyl (C=O) groups excluding carboxylic acids is 2. The Kier molecular flexibility index (Phi) is 8.28. The first-order chi connectivity index (χ1) is 16.5. The summed E-state index contributed by atoms with van der Waals surface area (Å²) < 4.78 is 61.7. The highest BCUT2D eigenvalue weighted by Gasteiger charge is 2.32. The van der Waals surface area contributed by atoms with Crippen LogP contribution in [0.25, 0.3) is 0 Å². The Balaban J connectivity index is 1.81. The second-order valence-corrected chi connectivity index (χ2v) is 8.91. The minimum absolute atomic E-state index is 0.0973. The lowest BCUT2D eigenvalue weighted by molar-refractivity contribution is -0.122. The number of carbonyl (C=O) groups is 2. The van der Waals surface area contributed by atoms with Crippen molar-refractivity contribution in [3.8, 4) is 5.88 Å². The number of rotatable bonds is 9. The number of ether oxygens (including phenoxy) is 2. The number of nitrogens with one attached hydrogen (secondary N) is 1. The molecule has 1 N–H and O–H groups in total. The molecule has 0 bridgehead atoms. The van der Waals surface area contributed by atoms with Crippen LogP contribution < -0.4 is 10.1 Å². The minimum atomic E-state index is -3.19. The summed E-state index contributed by atoms with van der Waals surface area (Å²) in [7, 11) is 1.49. The highest BCUT2D eigenvalue weighted by atomic mass is 32.1. The summed E-state index contributed by atoms with van der Waals surface area (Å²) in [6.07, 6.45) is 0.413. The average molecular weight is 518 g/mol. The molecule has 1 amide bonds. The van der Waals surface area contributed by atoms with Crippen molar-refractivity contribution in [3.05, 3.63) is 22.1 Å². The van der Waals surface area contributed by atoms with Gasteiger partial charge in [0.05, 0.1) is 30.6 Å². The SMILES string of the molecule is CCOC(=O)c1c(NC(=O)CC(C)(F)F)sc2c1C[C@@H](N=C=Nc1cc(OC(F)F)nn1C)CC2. The van der Waals surface area contributed by atoms with Crippen LogP contribution in [0.5, 0.6) is 5.88 Å². The van der Waals surface area contributed by atoms with Crippen LogP contribution >= 0.6 is 11.3 Å². The first-order valence-corrected chi connectivity index (χ1v) is 11.4. The van der Waals surface area contributed by atoms with Crippen molar-refractivity contribution in [2.24, 2.45) is 17.0 Å². The lowest BCUT2D eigenvalue weighted by atomic mass is 9.92. The van der Waals surface area contributed by atoms with Crippen molar-refractivity contribution >= 4 is 40.0 Å². The molecule has 0 spiro atoms. The average Bonchev–Trinajstić information content (AvgIpc) is 3.25. The summed E-state index contributed by atoms with van der Waals surface area (Å²) in [5.74, 6) is -4.86. The standard InChI is InChI=1S/C21H23F4N5O4S/c1-4-33-19(32)17-12-7-11(26-10-27-14-8-16(29-30(14)3)34-20(22)23)5-6-13(12)35-18(17)28-15(31)9-21(2,24)25/h8,11,20H,4-7,9H2,1-3H3,(H,28,31)/t11-/m0/s1. The van der Waals surface area contributed by atoms with Crippen LogP contribution in [0.2, 0.25) is 0 Å². The monoisotopic (exact) mass is 517 g/mol. The van der Waals surface area contributed by atoms with E-state index in [1.165, 1.54) is 17.8 Å². The van der Waals surface area contributed by atoms with E-state index in [1.807, 2.05) is 0 Å². The van der Waals surface area contributed by atoms with Crippen molar-refractivity contribution in [2.45, 2.75) is 58.1 Å². The number of anilines is 1. The minimum Gasteiger partial charge on any atom is -0.462 e. The summed E-state index contributed by atoms with van der Waals surface area (Å²) in [6, 6.07) is 3.42. The molecule has 0 fully saturated rings. The van der Waals surface area contributed by atoms with E-state index in [9.17, 15) is 27.2 Å². The fourth-order valence-corrected chi connectivity index (χ4v) is 4.73. The molecule has 2 heterocycles. The van der Waals surface area contributed by atoms with Crippen molar-refractivity contribution in [1.29, 1.82) is 0 Å². The molecule has 14 heteroatoms. The number of thiophene rings is 1. The fraction of sp³-hybridized carbons (Fsp3) is 0.524. The molecule has 0 unspecified atom stereocenters. The molecule has 0 saturated carbocycles. The van der Waals surface area contributed by atoms with Crippen LogP contribution in [-0.4, -0.2) is 52.8 Å². The summed E-state index contributed by atoms with van der Waals surface area (Å²) in [4.78, 5) is 33.8. The Bertz CT molecular complexity index is 1150. The van der Waals surface area contributed by atoms with Crippen LogP contribution in [0.15, 0.2) is 16.1 Å². The zero-order valence-electron chi connectivity index (χ0n) is 19.1. The fourth-order valence-electron chi connectivity index (χ4n) is 3.48. The van der Waals surface area contributed by atoms with Gasteiger partial charge in [-0.3, -0.25) is 4.79 Å². The van der Waals surface area contributed by atoms with Gasteiger partial charge in [0.1, 0.15) is 5.00 Å². The van der Waals surface area contributed by atoms with E-state index in [4.69, 9.17) is 4.74 Å². The number of halogens is 4. The van der Waals surface area contributed by atoms with Crippen LogP contribution in [0.4, 0.5) is 28.4 Å². The molecule has 9 nitrogen and oxygen atoms in total. The molecule has 35 heavy (non-hydrogen) atoms. The zero-order valence-corrected chi connectivity index (χ0v) is 19.9. The first kappa shape index (κ1) is 26.4. The molecule has 0 radical (unpaired) electrons. The van der Waals surface area contributed by atoms with Gasteiger partial charge in [0.15, 0.2) is 5.82 Å². The van der Waals surface area contributed by atoms with Gasteiger partial charge in [-0.25, -0.2) is 23.2 Å². The Morgan fingerprint density at radius 1 is 1.43 bits per heavy atom. The third kappa shape index (κ3) is 7.12. The molecule has 3 rings (SSSR count). The van der Waals surface area contributed by atoms with Gasteiger partial charge in [-0.15, -0.1) is 16.4 Å². The van der Waals surface area contributed by atoms with E-state index in [1.54, 1.807) is 6.92 Å². The summed E-state index contributed by atoms with van der Waals surface area (Å²) in [5.41, 5.74) is 0.763. The molecular formula is C21H23F4N5O4S. The summed E-state index contributed by atoms with van der Waals surface area (Å²) in [6.45, 7) is -0.647. The van der Waals surface area contributed by atoms with Crippen LogP contribution in [-0.2, 0) is 29.4 Å². The van der Waals surface area contributed by atoms with E-state index in [0.717, 1.165) is 16.2 Å². The predicted molar refractivity (Wildman–Crippen MR) is 119 cm³/mol. The largest absolute Gasteiger partial charge is 0.462 e. The van der Waals surface area contributed by atoms with Crippen molar-refractivity contribution in [3.63, 3.8) is 0 Å². The molecule has 1 atom stereocenters. The number of alkyl halides is 4. The van der Waals surface area contributed by atoms with Crippen LogP contribution in [0.1, 0.15) is 47.5 Å². The highest BCUT2D eigenvalue weighted by Crippen LogP contribution is 2.39. The van der Waals surface area contributed by atoms with Gasteiger partial charge in [-0.1, -0.05) is 0 Å². The molecule has 190 valence electrons. The van der Waals surface area contributed by atoms with Gasteiger partial charge in [-0.05, 0) is 38.7 Å². The smallest absolute Gasteiger partial charge is 0.388 e. The van der Waals surface area contributed by atoms with Crippen LogP contribution in [0.3, 0.4) is 0 Å². The number of amides is 1. The van der Waals surface area contributed by atoms with Gasteiger partial charge in [0, 0.05) is 18.0 Å². The molecule has 1 aliphatic rings. The van der Waals surface area contributed by atoms with Crippen molar-refractivity contribution < 1.29 is 36.6 Å². The van der Waals surface area contributed by atoms with Gasteiger partial charge < -0.3 is 14.8 Å². The van der Waals surface area contributed by atoms with E-state index < -0.39 is 30.8 Å². The second-order valence-electron chi connectivity index (χ2n) is 7.80. The van der Waals surface area contributed by atoms with Gasteiger partial charge in [0.25, 0.3) is 5.92 Å². The third-order valence-corrected chi connectivity index (χ3v) is 6.09. The summed E-state index contributed by atoms with van der Waals surface area (Å²) >= 11 is 1.15. The van der Waals surface area contributed by atoms with Gasteiger partial charge >= 0.3 is 12.6 Å². The quantitative estimate of drug-likeness (QED) is 0.297. The Labute approximate surface area is 201 Å². The third-order valence-electron chi connectivity index (χ3n) is 4.89. The van der Waals surface area contributed by atoms with Crippen LogP contribution in [0, 0.1) is 0 Å². The maximum atomic E-state index is 13.2. The van der Waals surface area contributed by atoms with E-state index in [2.05, 4.69) is 31.1 Å².